The topological polar surface area (TPSA) is 35.2 Å². The molecular weight excluding hydrogens is 276 g/mol. The molecule has 2 rings (SSSR count). The van der Waals surface area contributed by atoms with Gasteiger partial charge in [0.05, 0.1) is 17.6 Å². The number of esters is 1. The van der Waals surface area contributed by atoms with Crippen molar-refractivity contribution in [3.8, 4) is 0 Å². The number of piperazine rings is 1. The Morgan fingerprint density at radius 1 is 1.30 bits per heavy atom. The third-order valence-corrected chi connectivity index (χ3v) is 4.12. The number of nitrogens with one attached hydrogen (secondary N) is 2. The number of ether oxygens (including phenoxy) is 1. The van der Waals surface area contributed by atoms with Crippen LogP contribution in [0.15, 0.2) is 24.3 Å². The highest BCUT2D eigenvalue weighted by Gasteiger charge is 2.24. The molecule has 1 aliphatic rings. The van der Waals surface area contributed by atoms with Gasteiger partial charge in [0.25, 0.3) is 0 Å². The van der Waals surface area contributed by atoms with Gasteiger partial charge < -0.3 is 14.5 Å². The fourth-order valence-corrected chi connectivity index (χ4v) is 2.77. The van der Waals surface area contributed by atoms with Crippen LogP contribution in [0.3, 0.4) is 0 Å². The van der Waals surface area contributed by atoms with Gasteiger partial charge >= 0.3 is 5.97 Å². The van der Waals surface area contributed by atoms with Crippen LogP contribution < -0.4 is 9.80 Å². The molecule has 0 bridgehead atoms. The second-order valence-corrected chi connectivity index (χ2v) is 6.01. The van der Waals surface area contributed by atoms with Crippen LogP contribution >= 0.6 is 11.6 Å². The predicted octanol–water partition coefficient (Wildman–Crippen LogP) is -0.701. The van der Waals surface area contributed by atoms with Crippen molar-refractivity contribution in [2.75, 3.05) is 39.8 Å². The normalized spacial score (nSPS) is 24.1. The maximum Gasteiger partial charge on any atom is 0.340 e. The first-order valence-electron chi connectivity index (χ1n) is 7.16. The SMILES string of the molecule is CC(C[NH+]1CC[NH+](C)CC1)OC(=O)c1ccccc1Cl. The van der Waals surface area contributed by atoms with Crippen LogP contribution in [0.4, 0.5) is 0 Å². The van der Waals surface area contributed by atoms with Gasteiger partial charge in [-0.25, -0.2) is 4.79 Å². The van der Waals surface area contributed by atoms with Gasteiger partial charge in [-0.2, -0.15) is 0 Å². The Labute approximate surface area is 125 Å². The van der Waals surface area contributed by atoms with E-state index >= 15 is 0 Å². The summed E-state index contributed by atoms with van der Waals surface area (Å²) in [7, 11) is 2.22. The van der Waals surface area contributed by atoms with Gasteiger partial charge in [-0.15, -0.1) is 0 Å². The molecule has 0 saturated carbocycles. The first-order chi connectivity index (χ1) is 9.56. The van der Waals surface area contributed by atoms with E-state index in [2.05, 4.69) is 7.05 Å². The average Bonchev–Trinajstić information content (AvgIpc) is 2.41. The maximum absolute atomic E-state index is 12.0. The molecule has 1 unspecified atom stereocenters. The molecule has 0 spiro atoms. The molecule has 0 radical (unpaired) electrons. The quantitative estimate of drug-likeness (QED) is 0.721. The van der Waals surface area contributed by atoms with E-state index in [0.717, 1.165) is 19.6 Å². The Kier molecular flexibility index (Phi) is 5.40. The molecule has 1 heterocycles. The summed E-state index contributed by atoms with van der Waals surface area (Å²) in [6.07, 6.45) is -0.0906. The summed E-state index contributed by atoms with van der Waals surface area (Å²) >= 11 is 6.00. The number of hydrogen-bond acceptors (Lipinski definition) is 2. The van der Waals surface area contributed by atoms with Crippen molar-refractivity contribution in [1.82, 2.24) is 0 Å². The average molecular weight is 299 g/mol. The number of carbonyl (C=O) groups excluding carboxylic acids is 1. The number of likely N-dealkylation sites (N-methyl/N-ethyl adjacent to an activating group) is 1. The van der Waals surface area contributed by atoms with E-state index in [4.69, 9.17) is 16.3 Å². The van der Waals surface area contributed by atoms with Crippen molar-refractivity contribution in [2.24, 2.45) is 0 Å². The summed E-state index contributed by atoms with van der Waals surface area (Å²) < 4.78 is 5.50. The highest BCUT2D eigenvalue weighted by Crippen LogP contribution is 2.16. The van der Waals surface area contributed by atoms with Crippen LogP contribution in [0.25, 0.3) is 0 Å². The van der Waals surface area contributed by atoms with Gasteiger partial charge in [-0.1, -0.05) is 23.7 Å². The molecule has 1 aliphatic heterocycles. The first-order valence-corrected chi connectivity index (χ1v) is 7.54. The summed E-state index contributed by atoms with van der Waals surface area (Å²) in [5, 5.41) is 0.445. The molecule has 5 heteroatoms. The van der Waals surface area contributed by atoms with Crippen molar-refractivity contribution >= 4 is 17.6 Å². The lowest BCUT2D eigenvalue weighted by molar-refractivity contribution is -1.00. The summed E-state index contributed by atoms with van der Waals surface area (Å²) in [5.41, 5.74) is 0.443. The summed E-state index contributed by atoms with van der Waals surface area (Å²) in [6, 6.07) is 7.00. The van der Waals surface area contributed by atoms with Crippen LogP contribution in [0.2, 0.25) is 5.02 Å². The summed E-state index contributed by atoms with van der Waals surface area (Å²) in [5.74, 6) is -0.331. The molecule has 0 aromatic heterocycles. The van der Waals surface area contributed by atoms with E-state index in [0.29, 0.717) is 10.6 Å². The standard InChI is InChI=1S/C15H21ClN2O2/c1-12(11-18-9-7-17(2)8-10-18)20-15(19)13-5-3-4-6-14(13)16/h3-6,12H,7-11H2,1-2H3/p+2. The molecule has 1 atom stereocenters. The van der Waals surface area contributed by atoms with Crippen LogP contribution in [0.5, 0.6) is 0 Å². The van der Waals surface area contributed by atoms with Crippen molar-refractivity contribution in [1.29, 1.82) is 0 Å². The van der Waals surface area contributed by atoms with Crippen LogP contribution in [0, 0.1) is 0 Å². The second kappa shape index (κ2) is 7.07. The van der Waals surface area contributed by atoms with E-state index in [1.54, 1.807) is 29.2 Å². The minimum Gasteiger partial charge on any atom is -0.453 e. The number of hydrogen-bond donors (Lipinski definition) is 2. The zero-order valence-electron chi connectivity index (χ0n) is 12.1. The minimum atomic E-state index is -0.331. The number of rotatable bonds is 4. The first kappa shape index (κ1) is 15.3. The Balaban J connectivity index is 1.84. The molecular formula is C15H23ClN2O2+2. The van der Waals surface area contributed by atoms with Gasteiger partial charge in [0, 0.05) is 0 Å². The lowest BCUT2D eigenvalue weighted by Gasteiger charge is -2.28. The fraction of sp³-hybridized carbons (Fsp3) is 0.533. The third kappa shape index (κ3) is 4.20. The molecule has 1 fully saturated rings. The zero-order valence-corrected chi connectivity index (χ0v) is 12.9. The van der Waals surface area contributed by atoms with Gasteiger partial charge in [-0.05, 0) is 19.1 Å². The molecule has 20 heavy (non-hydrogen) atoms. The van der Waals surface area contributed by atoms with Crippen molar-refractivity contribution in [2.45, 2.75) is 13.0 Å². The van der Waals surface area contributed by atoms with Gasteiger partial charge in [0.1, 0.15) is 38.8 Å². The van der Waals surface area contributed by atoms with Gasteiger partial charge in [0.2, 0.25) is 0 Å². The van der Waals surface area contributed by atoms with Crippen LogP contribution in [0.1, 0.15) is 17.3 Å². The molecule has 2 N–H and O–H groups in total. The summed E-state index contributed by atoms with van der Waals surface area (Å²) in [4.78, 5) is 15.1. The Morgan fingerprint density at radius 2 is 1.95 bits per heavy atom. The van der Waals surface area contributed by atoms with E-state index in [1.807, 2.05) is 6.92 Å². The third-order valence-electron chi connectivity index (χ3n) is 3.79. The maximum atomic E-state index is 12.0. The van der Waals surface area contributed by atoms with Crippen molar-refractivity contribution < 1.29 is 19.3 Å². The second-order valence-electron chi connectivity index (χ2n) is 5.61. The van der Waals surface area contributed by atoms with Crippen molar-refractivity contribution in [3.63, 3.8) is 0 Å². The summed E-state index contributed by atoms with van der Waals surface area (Å²) in [6.45, 7) is 7.46. The lowest BCUT2D eigenvalue weighted by Crippen LogP contribution is -3.27. The molecule has 0 aliphatic carbocycles. The molecule has 1 saturated heterocycles. The van der Waals surface area contributed by atoms with Crippen LogP contribution in [-0.2, 0) is 4.74 Å². The Hall–Kier alpha value is -1.10. The number of benzene rings is 1. The number of quaternary nitrogens is 2. The van der Waals surface area contributed by atoms with E-state index in [1.165, 1.54) is 18.0 Å². The van der Waals surface area contributed by atoms with Gasteiger partial charge in [-0.3, -0.25) is 0 Å². The highest BCUT2D eigenvalue weighted by molar-refractivity contribution is 6.33. The fourth-order valence-electron chi connectivity index (χ4n) is 2.56. The minimum absolute atomic E-state index is 0.0906. The largest absolute Gasteiger partial charge is 0.453 e. The highest BCUT2D eigenvalue weighted by atomic mass is 35.5. The van der Waals surface area contributed by atoms with E-state index in [-0.39, 0.29) is 12.1 Å². The van der Waals surface area contributed by atoms with Gasteiger partial charge in [0.15, 0.2) is 0 Å². The zero-order chi connectivity index (χ0) is 14.5. The molecule has 4 nitrogen and oxygen atoms in total. The Bertz CT molecular complexity index is 459. The predicted molar refractivity (Wildman–Crippen MR) is 78.5 cm³/mol. The molecule has 1 aromatic rings. The Morgan fingerprint density at radius 3 is 2.60 bits per heavy atom. The number of carbonyl (C=O) groups is 1. The smallest absolute Gasteiger partial charge is 0.340 e. The van der Waals surface area contributed by atoms with Crippen molar-refractivity contribution in [3.05, 3.63) is 34.9 Å². The number of halogens is 1. The lowest BCUT2D eigenvalue weighted by atomic mass is 10.2. The van der Waals surface area contributed by atoms with Crippen LogP contribution in [-0.4, -0.2) is 51.8 Å². The molecule has 0 amide bonds. The van der Waals surface area contributed by atoms with E-state index in [9.17, 15) is 4.79 Å². The monoisotopic (exact) mass is 298 g/mol. The molecule has 1 aromatic carbocycles. The molecule has 110 valence electrons. The van der Waals surface area contributed by atoms with E-state index < -0.39 is 0 Å².